The second-order valence-corrected chi connectivity index (χ2v) is 5.62. The van der Waals surface area contributed by atoms with E-state index < -0.39 is 0 Å². The molecule has 1 amide bonds. The highest BCUT2D eigenvalue weighted by Crippen LogP contribution is 2.21. The molecular weight excluding hydrogens is 242 g/mol. The summed E-state index contributed by atoms with van der Waals surface area (Å²) in [5.41, 5.74) is 0. The van der Waals surface area contributed by atoms with Crippen LogP contribution in [-0.4, -0.2) is 46.7 Å². The summed E-state index contributed by atoms with van der Waals surface area (Å²) in [6, 6.07) is 0. The van der Waals surface area contributed by atoms with Gasteiger partial charge in [0.1, 0.15) is 11.9 Å². The van der Waals surface area contributed by atoms with Crippen LogP contribution in [0.4, 0.5) is 0 Å². The Hall–Kier alpha value is -1.36. The van der Waals surface area contributed by atoms with E-state index in [2.05, 4.69) is 9.55 Å². The fraction of sp³-hybridized carbons (Fsp3) is 0.714. The summed E-state index contributed by atoms with van der Waals surface area (Å²) in [7, 11) is 1.89. The van der Waals surface area contributed by atoms with Crippen LogP contribution in [0.2, 0.25) is 0 Å². The molecule has 1 aromatic heterocycles. The van der Waals surface area contributed by atoms with Gasteiger partial charge in [-0.1, -0.05) is 0 Å². The van der Waals surface area contributed by atoms with E-state index in [1.165, 1.54) is 0 Å². The Balaban J connectivity index is 1.55. The van der Waals surface area contributed by atoms with Crippen molar-refractivity contribution in [1.29, 1.82) is 0 Å². The molecule has 0 aliphatic carbocycles. The van der Waals surface area contributed by atoms with Crippen LogP contribution in [0.25, 0.3) is 0 Å². The van der Waals surface area contributed by atoms with Crippen molar-refractivity contribution >= 4 is 5.91 Å². The Morgan fingerprint density at radius 2 is 2.47 bits per heavy atom. The van der Waals surface area contributed by atoms with Crippen LogP contribution in [0.1, 0.15) is 25.1 Å². The number of carbonyl (C=O) groups excluding carboxylic acids is 1. The third kappa shape index (κ3) is 2.66. The maximum atomic E-state index is 12.2. The van der Waals surface area contributed by atoms with E-state index in [-0.39, 0.29) is 12.0 Å². The smallest absolute Gasteiger partial charge is 0.251 e. The van der Waals surface area contributed by atoms with Crippen molar-refractivity contribution in [1.82, 2.24) is 14.5 Å². The molecule has 5 heteroatoms. The zero-order valence-corrected chi connectivity index (χ0v) is 11.4. The predicted octanol–water partition coefficient (Wildman–Crippen LogP) is 1.08. The van der Waals surface area contributed by atoms with Gasteiger partial charge in [0.25, 0.3) is 5.91 Å². The van der Waals surface area contributed by atoms with E-state index in [4.69, 9.17) is 4.74 Å². The molecule has 1 aromatic rings. The average molecular weight is 263 g/mol. The second-order valence-electron chi connectivity index (χ2n) is 5.62. The molecule has 0 radical (unpaired) electrons. The van der Waals surface area contributed by atoms with Crippen LogP contribution in [0.3, 0.4) is 0 Å². The van der Waals surface area contributed by atoms with E-state index in [1.54, 1.807) is 0 Å². The van der Waals surface area contributed by atoms with Gasteiger partial charge in [0, 0.05) is 45.6 Å². The van der Waals surface area contributed by atoms with E-state index in [9.17, 15) is 4.79 Å². The van der Waals surface area contributed by atoms with E-state index in [0.717, 1.165) is 51.2 Å². The van der Waals surface area contributed by atoms with Gasteiger partial charge >= 0.3 is 0 Å². The number of hydrogen-bond acceptors (Lipinski definition) is 3. The van der Waals surface area contributed by atoms with Crippen LogP contribution < -0.4 is 0 Å². The minimum atomic E-state index is -0.199. The lowest BCUT2D eigenvalue weighted by Crippen LogP contribution is -2.40. The van der Waals surface area contributed by atoms with Gasteiger partial charge in [-0.25, -0.2) is 4.98 Å². The van der Waals surface area contributed by atoms with Crippen molar-refractivity contribution in [2.24, 2.45) is 5.92 Å². The molecule has 5 nitrogen and oxygen atoms in total. The first-order valence-electron chi connectivity index (χ1n) is 7.10. The summed E-state index contributed by atoms with van der Waals surface area (Å²) in [6.07, 6.45) is 7.66. The standard InChI is InChI=1S/C14H21N3O2/c1-16(14(18)12-3-2-8-19-12)10-11-4-6-17-7-5-15-13(17)9-11/h5,7,11-12H,2-4,6,8-10H2,1H3/t11-,12+/m0/s1. The Labute approximate surface area is 113 Å². The van der Waals surface area contributed by atoms with Gasteiger partial charge in [-0.15, -0.1) is 0 Å². The molecule has 3 heterocycles. The largest absolute Gasteiger partial charge is 0.368 e. The minimum absolute atomic E-state index is 0.145. The first-order chi connectivity index (χ1) is 9.24. The Morgan fingerprint density at radius 1 is 1.58 bits per heavy atom. The highest BCUT2D eigenvalue weighted by atomic mass is 16.5. The van der Waals surface area contributed by atoms with Crippen molar-refractivity contribution in [3.8, 4) is 0 Å². The van der Waals surface area contributed by atoms with Gasteiger partial charge in [0.2, 0.25) is 0 Å². The highest BCUT2D eigenvalue weighted by Gasteiger charge is 2.28. The lowest BCUT2D eigenvalue weighted by Gasteiger charge is -2.29. The Bertz CT molecular complexity index is 451. The molecule has 1 saturated heterocycles. The number of aryl methyl sites for hydroxylation is 1. The van der Waals surface area contributed by atoms with Gasteiger partial charge < -0.3 is 14.2 Å². The molecule has 3 rings (SSSR count). The van der Waals surface area contributed by atoms with Crippen molar-refractivity contribution in [3.05, 3.63) is 18.2 Å². The number of amides is 1. The molecule has 2 atom stereocenters. The molecule has 0 bridgehead atoms. The number of nitrogens with zero attached hydrogens (tertiary/aromatic N) is 3. The fourth-order valence-electron chi connectivity index (χ4n) is 3.07. The molecule has 0 spiro atoms. The summed E-state index contributed by atoms with van der Waals surface area (Å²) < 4.78 is 7.67. The Morgan fingerprint density at radius 3 is 3.26 bits per heavy atom. The predicted molar refractivity (Wildman–Crippen MR) is 70.6 cm³/mol. The second kappa shape index (κ2) is 5.33. The van der Waals surface area contributed by atoms with E-state index in [1.807, 2.05) is 24.3 Å². The molecule has 19 heavy (non-hydrogen) atoms. The molecule has 104 valence electrons. The first-order valence-corrected chi connectivity index (χ1v) is 7.10. The van der Waals surface area contributed by atoms with E-state index >= 15 is 0 Å². The van der Waals surface area contributed by atoms with Crippen molar-refractivity contribution < 1.29 is 9.53 Å². The third-order valence-corrected chi connectivity index (χ3v) is 4.16. The maximum Gasteiger partial charge on any atom is 0.251 e. The molecule has 0 saturated carbocycles. The van der Waals surface area contributed by atoms with Crippen molar-refractivity contribution in [2.45, 2.75) is 38.3 Å². The van der Waals surface area contributed by atoms with Gasteiger partial charge in [0.15, 0.2) is 0 Å². The topological polar surface area (TPSA) is 47.4 Å². The number of fused-ring (bicyclic) bond motifs is 1. The van der Waals surface area contributed by atoms with Crippen LogP contribution in [0.15, 0.2) is 12.4 Å². The van der Waals surface area contributed by atoms with Gasteiger partial charge in [-0.3, -0.25) is 4.79 Å². The first kappa shape index (κ1) is 12.7. The molecule has 0 unspecified atom stereocenters. The normalized spacial score (nSPS) is 26.2. The van der Waals surface area contributed by atoms with Crippen LogP contribution in [0.5, 0.6) is 0 Å². The number of ether oxygens (including phenoxy) is 1. The SMILES string of the molecule is CN(C[C@H]1CCn2ccnc2C1)C(=O)[C@H]1CCCO1. The molecule has 1 fully saturated rings. The number of aromatic nitrogens is 2. The Kier molecular flexibility index (Phi) is 3.55. The number of likely N-dealkylation sites (N-methyl/N-ethyl adjacent to an activating group) is 1. The minimum Gasteiger partial charge on any atom is -0.368 e. The lowest BCUT2D eigenvalue weighted by atomic mass is 9.97. The number of rotatable bonds is 3. The van der Waals surface area contributed by atoms with Crippen molar-refractivity contribution in [2.75, 3.05) is 20.2 Å². The number of hydrogen-bond donors (Lipinski definition) is 0. The van der Waals surface area contributed by atoms with E-state index in [0.29, 0.717) is 5.92 Å². The zero-order chi connectivity index (χ0) is 13.2. The summed E-state index contributed by atoms with van der Waals surface area (Å²) >= 11 is 0. The third-order valence-electron chi connectivity index (χ3n) is 4.16. The number of imidazole rings is 1. The molecule has 0 N–H and O–H groups in total. The summed E-state index contributed by atoms with van der Waals surface area (Å²) in [5.74, 6) is 1.81. The van der Waals surface area contributed by atoms with Gasteiger partial charge in [-0.05, 0) is 25.2 Å². The fourth-order valence-corrected chi connectivity index (χ4v) is 3.07. The van der Waals surface area contributed by atoms with Gasteiger partial charge in [0.05, 0.1) is 0 Å². The zero-order valence-electron chi connectivity index (χ0n) is 11.4. The highest BCUT2D eigenvalue weighted by molar-refractivity contribution is 5.80. The lowest BCUT2D eigenvalue weighted by molar-refractivity contribution is -0.140. The van der Waals surface area contributed by atoms with Gasteiger partial charge in [-0.2, -0.15) is 0 Å². The number of carbonyl (C=O) groups is 1. The van der Waals surface area contributed by atoms with Crippen LogP contribution in [-0.2, 0) is 22.5 Å². The molecular formula is C14H21N3O2. The molecule has 2 aliphatic heterocycles. The maximum absolute atomic E-state index is 12.2. The average Bonchev–Trinajstić information content (AvgIpc) is 3.08. The van der Waals surface area contributed by atoms with Crippen LogP contribution >= 0.6 is 0 Å². The summed E-state index contributed by atoms with van der Waals surface area (Å²) in [6.45, 7) is 2.55. The summed E-state index contributed by atoms with van der Waals surface area (Å²) in [5, 5.41) is 0. The molecule has 0 aromatic carbocycles. The van der Waals surface area contributed by atoms with Crippen LogP contribution in [0, 0.1) is 5.92 Å². The summed E-state index contributed by atoms with van der Waals surface area (Å²) in [4.78, 5) is 18.4. The molecule has 2 aliphatic rings. The monoisotopic (exact) mass is 263 g/mol. The van der Waals surface area contributed by atoms with Crippen molar-refractivity contribution in [3.63, 3.8) is 0 Å². The quantitative estimate of drug-likeness (QED) is 0.820.